The summed E-state index contributed by atoms with van der Waals surface area (Å²) in [5.41, 5.74) is 1.03. The molecule has 1 saturated heterocycles. The van der Waals surface area contributed by atoms with E-state index >= 15 is 0 Å². The number of piperidine rings is 1. The molecule has 0 aromatic heterocycles. The Morgan fingerprint density at radius 1 is 1.03 bits per heavy atom. The summed E-state index contributed by atoms with van der Waals surface area (Å²) >= 11 is 0. The molecule has 4 saturated carbocycles. The number of sulfonamides is 1. The summed E-state index contributed by atoms with van der Waals surface area (Å²) in [4.78, 5) is 13.5. The quantitative estimate of drug-likeness (QED) is 0.767. The summed E-state index contributed by atoms with van der Waals surface area (Å²) in [5, 5.41) is 3.43. The molecule has 1 aromatic carbocycles. The number of hydrogen-bond acceptors (Lipinski definition) is 3. The van der Waals surface area contributed by atoms with Crippen LogP contribution in [0, 0.1) is 24.7 Å². The van der Waals surface area contributed by atoms with Gasteiger partial charge in [-0.15, -0.1) is 0 Å². The average molecular weight is 431 g/mol. The van der Waals surface area contributed by atoms with Gasteiger partial charge in [0.05, 0.1) is 4.90 Å². The first-order valence-electron chi connectivity index (χ1n) is 11.7. The smallest absolute Gasteiger partial charge is 0.243 e. The number of nitrogens with zero attached hydrogens (tertiary/aromatic N) is 1. The zero-order valence-corrected chi connectivity index (χ0v) is 18.8. The molecular formula is C24H34N2O3S. The van der Waals surface area contributed by atoms with Gasteiger partial charge in [0.25, 0.3) is 0 Å². The minimum atomic E-state index is -3.57. The fourth-order valence-corrected chi connectivity index (χ4v) is 8.86. The predicted octanol–water partition coefficient (Wildman–Crippen LogP) is 4.01. The highest BCUT2D eigenvalue weighted by Gasteiger charge is 2.51. The van der Waals surface area contributed by atoms with Crippen LogP contribution in [0.4, 0.5) is 0 Å². The Morgan fingerprint density at radius 3 is 2.23 bits per heavy atom. The molecule has 5 nitrogen and oxygen atoms in total. The van der Waals surface area contributed by atoms with Crippen LogP contribution in [0.5, 0.6) is 0 Å². The number of nitrogens with one attached hydrogen (secondary N) is 1. The van der Waals surface area contributed by atoms with Crippen molar-refractivity contribution < 1.29 is 13.2 Å². The van der Waals surface area contributed by atoms with Crippen molar-refractivity contribution in [2.45, 2.75) is 87.6 Å². The normalized spacial score (nSPS) is 36.0. The molecule has 1 N–H and O–H groups in total. The van der Waals surface area contributed by atoms with E-state index in [4.69, 9.17) is 0 Å². The van der Waals surface area contributed by atoms with Gasteiger partial charge in [0.1, 0.15) is 0 Å². The Kier molecular flexibility index (Phi) is 5.21. The van der Waals surface area contributed by atoms with Crippen LogP contribution in [0.2, 0.25) is 0 Å². The number of rotatable bonds is 5. The number of hydrogen-bond donors (Lipinski definition) is 1. The molecular weight excluding hydrogens is 396 g/mol. The van der Waals surface area contributed by atoms with Crippen molar-refractivity contribution in [3.8, 4) is 0 Å². The van der Waals surface area contributed by atoms with Crippen LogP contribution in [0.25, 0.3) is 0 Å². The summed E-state index contributed by atoms with van der Waals surface area (Å²) in [6, 6.07) is 6.81. The van der Waals surface area contributed by atoms with Crippen LogP contribution >= 0.6 is 0 Å². The van der Waals surface area contributed by atoms with E-state index in [0.717, 1.165) is 61.8 Å². The molecule has 5 aliphatic rings. The minimum absolute atomic E-state index is 0.0127. The van der Waals surface area contributed by atoms with Gasteiger partial charge in [0.15, 0.2) is 0 Å². The summed E-state index contributed by atoms with van der Waals surface area (Å²) in [7, 11) is -3.57. The van der Waals surface area contributed by atoms with E-state index < -0.39 is 10.0 Å². The van der Waals surface area contributed by atoms with E-state index in [1.807, 2.05) is 19.1 Å². The molecule has 5 fully saturated rings. The molecule has 0 spiro atoms. The van der Waals surface area contributed by atoms with Gasteiger partial charge in [-0.1, -0.05) is 24.1 Å². The molecule has 0 radical (unpaired) electrons. The SMILES string of the molecule is Cc1ccc(S(=O)(=O)N2CCCCC2CC(=O)NC23CC4CC(CC(C4)C2)C3)cc1. The molecule has 1 heterocycles. The maximum atomic E-state index is 13.3. The summed E-state index contributed by atoms with van der Waals surface area (Å²) < 4.78 is 28.2. The van der Waals surface area contributed by atoms with Crippen molar-refractivity contribution in [3.05, 3.63) is 29.8 Å². The average Bonchev–Trinajstić information content (AvgIpc) is 2.67. The zero-order valence-electron chi connectivity index (χ0n) is 18.0. The van der Waals surface area contributed by atoms with Gasteiger partial charge in [0, 0.05) is 24.5 Å². The number of benzene rings is 1. The largest absolute Gasteiger partial charge is 0.351 e. The number of carbonyl (C=O) groups is 1. The lowest BCUT2D eigenvalue weighted by molar-refractivity contribution is -0.127. The number of amides is 1. The predicted molar refractivity (Wildman–Crippen MR) is 116 cm³/mol. The number of carbonyl (C=O) groups excluding carboxylic acids is 1. The second kappa shape index (κ2) is 7.63. The molecule has 1 amide bonds. The minimum Gasteiger partial charge on any atom is -0.351 e. The molecule has 1 aromatic rings. The topological polar surface area (TPSA) is 66.5 Å². The van der Waals surface area contributed by atoms with Gasteiger partial charge < -0.3 is 5.32 Å². The van der Waals surface area contributed by atoms with Crippen LogP contribution < -0.4 is 5.32 Å². The van der Waals surface area contributed by atoms with Gasteiger partial charge in [-0.2, -0.15) is 4.31 Å². The highest BCUT2D eigenvalue weighted by atomic mass is 32.2. The van der Waals surface area contributed by atoms with Gasteiger partial charge in [-0.05, 0) is 88.2 Å². The molecule has 1 unspecified atom stereocenters. The van der Waals surface area contributed by atoms with Gasteiger partial charge in [-0.25, -0.2) is 8.42 Å². The van der Waals surface area contributed by atoms with Gasteiger partial charge in [-0.3, -0.25) is 4.79 Å². The highest BCUT2D eigenvalue weighted by molar-refractivity contribution is 7.89. The monoisotopic (exact) mass is 430 g/mol. The third-order valence-electron chi connectivity index (χ3n) is 8.06. The molecule has 30 heavy (non-hydrogen) atoms. The zero-order chi connectivity index (χ0) is 20.9. The molecule has 6 rings (SSSR count). The Bertz CT molecular complexity index is 874. The molecule has 1 atom stereocenters. The van der Waals surface area contributed by atoms with E-state index in [1.54, 1.807) is 16.4 Å². The van der Waals surface area contributed by atoms with Crippen molar-refractivity contribution >= 4 is 15.9 Å². The van der Waals surface area contributed by atoms with Crippen molar-refractivity contribution in [2.75, 3.05) is 6.54 Å². The lowest BCUT2D eigenvalue weighted by Gasteiger charge is -2.57. The van der Waals surface area contributed by atoms with Gasteiger partial charge >= 0.3 is 0 Å². The van der Waals surface area contributed by atoms with E-state index in [-0.39, 0.29) is 23.9 Å². The third kappa shape index (κ3) is 3.81. The first-order chi connectivity index (χ1) is 14.3. The van der Waals surface area contributed by atoms with Crippen LogP contribution in [0.15, 0.2) is 29.2 Å². The van der Waals surface area contributed by atoms with E-state index in [9.17, 15) is 13.2 Å². The summed E-state index contributed by atoms with van der Waals surface area (Å²) in [6.45, 7) is 2.46. The standard InChI is InChI=1S/C24H34N2O3S/c1-17-5-7-22(8-6-17)30(28,29)26-9-3-2-4-21(26)13-23(27)25-24-14-18-10-19(15-24)12-20(11-18)16-24/h5-8,18-21H,2-4,9-16H2,1H3,(H,25,27). The van der Waals surface area contributed by atoms with Crippen LogP contribution in [0.3, 0.4) is 0 Å². The molecule has 4 aliphatic carbocycles. The van der Waals surface area contributed by atoms with Crippen molar-refractivity contribution in [3.63, 3.8) is 0 Å². The van der Waals surface area contributed by atoms with Crippen molar-refractivity contribution in [2.24, 2.45) is 17.8 Å². The second-order valence-electron chi connectivity index (χ2n) is 10.5. The molecule has 4 bridgehead atoms. The van der Waals surface area contributed by atoms with Crippen LogP contribution in [-0.4, -0.2) is 36.8 Å². The maximum Gasteiger partial charge on any atom is 0.243 e. The number of aryl methyl sites for hydroxylation is 1. The fourth-order valence-electron chi connectivity index (χ4n) is 7.16. The van der Waals surface area contributed by atoms with Crippen molar-refractivity contribution in [1.82, 2.24) is 9.62 Å². The Hall–Kier alpha value is -1.40. The Labute approximate surface area is 180 Å². The van der Waals surface area contributed by atoms with Crippen molar-refractivity contribution in [1.29, 1.82) is 0 Å². The molecule has 1 aliphatic heterocycles. The Balaban J connectivity index is 1.29. The summed E-state index contributed by atoms with van der Waals surface area (Å²) in [5.74, 6) is 2.40. The van der Waals surface area contributed by atoms with E-state index in [0.29, 0.717) is 11.4 Å². The lowest BCUT2D eigenvalue weighted by atomic mass is 9.53. The lowest BCUT2D eigenvalue weighted by Crippen LogP contribution is -2.60. The van der Waals surface area contributed by atoms with Crippen LogP contribution in [0.1, 0.15) is 69.8 Å². The van der Waals surface area contributed by atoms with E-state index in [2.05, 4.69) is 5.32 Å². The summed E-state index contributed by atoms with van der Waals surface area (Å²) in [6.07, 6.45) is 10.3. The third-order valence-corrected chi connectivity index (χ3v) is 10.0. The Morgan fingerprint density at radius 2 is 1.63 bits per heavy atom. The highest BCUT2D eigenvalue weighted by Crippen LogP contribution is 2.55. The first kappa shape index (κ1) is 20.5. The van der Waals surface area contributed by atoms with E-state index in [1.165, 1.54) is 19.3 Å². The fraction of sp³-hybridized carbons (Fsp3) is 0.708. The second-order valence-corrected chi connectivity index (χ2v) is 12.4. The molecule has 164 valence electrons. The maximum absolute atomic E-state index is 13.3. The van der Waals surface area contributed by atoms with Crippen LogP contribution in [-0.2, 0) is 14.8 Å². The first-order valence-corrected chi connectivity index (χ1v) is 13.2. The van der Waals surface area contributed by atoms with Gasteiger partial charge in [0.2, 0.25) is 15.9 Å². The molecule has 6 heteroatoms.